The molecule has 0 saturated carbocycles. The third-order valence-corrected chi connectivity index (χ3v) is 5.34. The first kappa shape index (κ1) is 18.3. The van der Waals surface area contributed by atoms with E-state index in [1.54, 1.807) is 6.07 Å². The third-order valence-electron chi connectivity index (χ3n) is 4.72. The van der Waals surface area contributed by atoms with E-state index in [0.717, 1.165) is 39.1 Å². The van der Waals surface area contributed by atoms with Crippen molar-refractivity contribution in [3.8, 4) is 28.4 Å². The largest absolute Gasteiger partial charge is 0.507 e. The molecule has 1 N–H and O–H groups in total. The molecule has 134 valence electrons. The number of phenols is 1. The summed E-state index contributed by atoms with van der Waals surface area (Å²) in [5, 5.41) is 10.5. The second kappa shape index (κ2) is 7.80. The van der Waals surface area contributed by atoms with Gasteiger partial charge in [-0.15, -0.1) is 0 Å². The number of rotatable bonds is 5. The van der Waals surface area contributed by atoms with E-state index in [9.17, 15) is 5.11 Å². The highest BCUT2D eigenvalue weighted by atomic mass is 31.1. The zero-order valence-corrected chi connectivity index (χ0v) is 16.5. The lowest BCUT2D eigenvalue weighted by Gasteiger charge is -2.19. The molecule has 0 saturated heterocycles. The smallest absolute Gasteiger partial charge is 0.275 e. The number of aromatic hydroxyl groups is 1. The van der Waals surface area contributed by atoms with Crippen LogP contribution in [0.1, 0.15) is 22.3 Å². The molecule has 0 amide bonds. The van der Waals surface area contributed by atoms with Crippen LogP contribution in [0.4, 0.5) is 0 Å². The normalized spacial score (nSPS) is 11.1. The predicted octanol–water partition coefficient (Wildman–Crippen LogP) is 6.26. The van der Waals surface area contributed by atoms with Gasteiger partial charge in [0.2, 0.25) is 0 Å². The van der Waals surface area contributed by atoms with E-state index in [0.29, 0.717) is 5.75 Å². The summed E-state index contributed by atoms with van der Waals surface area (Å²) in [6.07, 6.45) is 0. The Labute approximate surface area is 156 Å². The molecule has 0 radical (unpaired) electrons. The molecule has 0 aliphatic heterocycles. The fraction of sp³-hybridized carbons (Fsp3) is 0.182. The molecule has 0 bridgehead atoms. The van der Waals surface area contributed by atoms with Crippen LogP contribution in [0.2, 0.25) is 0 Å². The number of benzene rings is 3. The van der Waals surface area contributed by atoms with Gasteiger partial charge in [-0.05, 0) is 74.2 Å². The standard InChI is InChI=1S/C22H23O3P/c1-14-10-12-19(23)21(16(14)3)22-17(4)15(2)11-13-20(22)25-26-24-18-8-6-5-7-9-18/h5-13,23,26H,1-4H3. The minimum Gasteiger partial charge on any atom is -0.507 e. The average Bonchev–Trinajstić information content (AvgIpc) is 2.64. The summed E-state index contributed by atoms with van der Waals surface area (Å²) in [6, 6.07) is 17.2. The van der Waals surface area contributed by atoms with E-state index in [2.05, 4.69) is 13.8 Å². The Bertz CT molecular complexity index is 920. The summed E-state index contributed by atoms with van der Waals surface area (Å²) in [4.78, 5) is 0. The molecule has 3 aromatic rings. The fourth-order valence-corrected chi connectivity index (χ4v) is 3.44. The molecule has 26 heavy (non-hydrogen) atoms. The van der Waals surface area contributed by atoms with Crippen molar-refractivity contribution in [2.75, 3.05) is 0 Å². The summed E-state index contributed by atoms with van der Waals surface area (Å²) in [7, 11) is -0.169. The van der Waals surface area contributed by atoms with Crippen LogP contribution in [-0.4, -0.2) is 5.11 Å². The maximum absolute atomic E-state index is 10.5. The Balaban J connectivity index is 1.97. The van der Waals surface area contributed by atoms with Crippen molar-refractivity contribution in [3.05, 3.63) is 76.9 Å². The van der Waals surface area contributed by atoms with Gasteiger partial charge in [0.25, 0.3) is 9.03 Å². The molecule has 3 rings (SSSR count). The summed E-state index contributed by atoms with van der Waals surface area (Å²) in [6.45, 7) is 8.19. The lowest BCUT2D eigenvalue weighted by atomic mass is 9.90. The molecule has 4 heteroatoms. The van der Waals surface area contributed by atoms with E-state index in [4.69, 9.17) is 9.05 Å². The van der Waals surface area contributed by atoms with Crippen molar-refractivity contribution in [2.24, 2.45) is 0 Å². The first-order valence-corrected chi connectivity index (χ1v) is 9.34. The van der Waals surface area contributed by atoms with Gasteiger partial charge < -0.3 is 14.2 Å². The maximum Gasteiger partial charge on any atom is 0.275 e. The minimum absolute atomic E-state index is 0.169. The van der Waals surface area contributed by atoms with Gasteiger partial charge in [0, 0.05) is 11.1 Å². The molecule has 0 spiro atoms. The molecular formula is C22H23O3P. The highest BCUT2D eigenvalue weighted by Crippen LogP contribution is 2.44. The van der Waals surface area contributed by atoms with E-state index in [1.807, 2.05) is 62.4 Å². The van der Waals surface area contributed by atoms with Crippen molar-refractivity contribution in [3.63, 3.8) is 0 Å². The number of aryl methyl sites for hydroxylation is 2. The van der Waals surface area contributed by atoms with Crippen molar-refractivity contribution < 1.29 is 14.2 Å². The lowest BCUT2D eigenvalue weighted by Crippen LogP contribution is -1.96. The molecule has 0 aromatic heterocycles. The Morgan fingerprint density at radius 2 is 1.31 bits per heavy atom. The molecule has 0 aliphatic carbocycles. The van der Waals surface area contributed by atoms with Crippen LogP contribution in [-0.2, 0) is 0 Å². The number of hydrogen-bond donors (Lipinski definition) is 1. The zero-order chi connectivity index (χ0) is 18.7. The molecule has 3 nitrogen and oxygen atoms in total. The summed E-state index contributed by atoms with van der Waals surface area (Å²) >= 11 is 0. The summed E-state index contributed by atoms with van der Waals surface area (Å²) in [5.74, 6) is 1.75. The quantitative estimate of drug-likeness (QED) is 0.542. The van der Waals surface area contributed by atoms with Crippen LogP contribution in [0.15, 0.2) is 54.6 Å². The monoisotopic (exact) mass is 366 g/mol. The summed E-state index contributed by atoms with van der Waals surface area (Å²) in [5.41, 5.74) is 6.18. The second-order valence-electron chi connectivity index (χ2n) is 6.38. The first-order valence-electron chi connectivity index (χ1n) is 8.52. The van der Waals surface area contributed by atoms with E-state index in [1.165, 1.54) is 0 Å². The third kappa shape index (κ3) is 3.68. The Kier molecular flexibility index (Phi) is 5.49. The molecule has 1 atom stereocenters. The number of para-hydroxylation sites is 1. The highest BCUT2D eigenvalue weighted by molar-refractivity contribution is 7.27. The van der Waals surface area contributed by atoms with Gasteiger partial charge in [-0.25, -0.2) is 0 Å². The zero-order valence-electron chi connectivity index (χ0n) is 15.5. The number of phenolic OH excluding ortho intramolecular Hbond substituents is 1. The number of hydrogen-bond acceptors (Lipinski definition) is 3. The molecular weight excluding hydrogens is 343 g/mol. The lowest BCUT2D eigenvalue weighted by molar-refractivity contribution is 0.475. The average molecular weight is 366 g/mol. The van der Waals surface area contributed by atoms with Crippen molar-refractivity contribution in [1.29, 1.82) is 0 Å². The first-order chi connectivity index (χ1) is 12.5. The van der Waals surface area contributed by atoms with Gasteiger partial charge in [-0.3, -0.25) is 0 Å². The van der Waals surface area contributed by atoms with Crippen LogP contribution in [0.5, 0.6) is 17.2 Å². The van der Waals surface area contributed by atoms with Gasteiger partial charge in [0.05, 0.1) is 0 Å². The van der Waals surface area contributed by atoms with Crippen LogP contribution in [0, 0.1) is 27.7 Å². The van der Waals surface area contributed by atoms with Gasteiger partial charge in [0.15, 0.2) is 0 Å². The molecule has 3 aromatic carbocycles. The predicted molar refractivity (Wildman–Crippen MR) is 109 cm³/mol. The Morgan fingerprint density at radius 3 is 2.00 bits per heavy atom. The fourth-order valence-electron chi connectivity index (χ4n) is 2.91. The van der Waals surface area contributed by atoms with Gasteiger partial charge >= 0.3 is 0 Å². The van der Waals surface area contributed by atoms with Crippen LogP contribution in [0.3, 0.4) is 0 Å². The molecule has 0 aliphatic rings. The van der Waals surface area contributed by atoms with Crippen molar-refractivity contribution in [2.45, 2.75) is 27.7 Å². The molecule has 0 heterocycles. The minimum atomic E-state index is -0.169. The van der Waals surface area contributed by atoms with Crippen LogP contribution >= 0.6 is 9.03 Å². The van der Waals surface area contributed by atoms with Crippen LogP contribution < -0.4 is 9.05 Å². The molecule has 1 unspecified atom stereocenters. The van der Waals surface area contributed by atoms with E-state index >= 15 is 0 Å². The van der Waals surface area contributed by atoms with Crippen molar-refractivity contribution >= 4 is 9.03 Å². The second-order valence-corrected chi connectivity index (χ2v) is 6.96. The maximum atomic E-state index is 10.5. The SMILES string of the molecule is Cc1ccc(O)c(-c2c(OPOc3ccccc3)ccc(C)c2C)c1C. The van der Waals surface area contributed by atoms with Crippen molar-refractivity contribution in [1.82, 2.24) is 0 Å². The Morgan fingerprint density at radius 1 is 0.692 bits per heavy atom. The summed E-state index contributed by atoms with van der Waals surface area (Å²) < 4.78 is 11.7. The molecule has 0 fully saturated rings. The van der Waals surface area contributed by atoms with Gasteiger partial charge in [-0.2, -0.15) is 0 Å². The topological polar surface area (TPSA) is 38.7 Å². The van der Waals surface area contributed by atoms with E-state index < -0.39 is 0 Å². The van der Waals surface area contributed by atoms with Gasteiger partial charge in [-0.1, -0.05) is 30.3 Å². The Hall–Kier alpha value is -2.51. The van der Waals surface area contributed by atoms with Crippen LogP contribution in [0.25, 0.3) is 11.1 Å². The van der Waals surface area contributed by atoms with E-state index in [-0.39, 0.29) is 14.8 Å². The highest BCUT2D eigenvalue weighted by Gasteiger charge is 2.18. The van der Waals surface area contributed by atoms with Gasteiger partial charge in [0.1, 0.15) is 17.2 Å².